The normalized spacial score (nSPS) is 10.7. The third-order valence-corrected chi connectivity index (χ3v) is 3.83. The summed E-state index contributed by atoms with van der Waals surface area (Å²) < 4.78 is 8.67. The number of imidazole rings is 1. The smallest absolute Gasteiger partial charge is 0.156 e. The summed E-state index contributed by atoms with van der Waals surface area (Å²) in [5.41, 5.74) is 2.01. The van der Waals surface area contributed by atoms with Crippen molar-refractivity contribution in [3.63, 3.8) is 0 Å². The molecule has 0 bridgehead atoms. The van der Waals surface area contributed by atoms with Crippen molar-refractivity contribution in [1.82, 2.24) is 9.55 Å². The van der Waals surface area contributed by atoms with Gasteiger partial charge in [0.15, 0.2) is 5.75 Å². The Labute approximate surface area is 138 Å². The predicted molar refractivity (Wildman–Crippen MR) is 90.2 cm³/mol. The summed E-state index contributed by atoms with van der Waals surface area (Å²) in [7, 11) is 0. The fourth-order valence-corrected chi connectivity index (χ4v) is 3.03. The number of aryl methyl sites for hydroxylation is 1. The van der Waals surface area contributed by atoms with Gasteiger partial charge < -0.3 is 14.6 Å². The van der Waals surface area contributed by atoms with Crippen LogP contribution in [-0.4, -0.2) is 16.2 Å². The van der Waals surface area contributed by atoms with Gasteiger partial charge in [-0.25, -0.2) is 4.98 Å². The number of ether oxygens (including phenoxy) is 1. The van der Waals surface area contributed by atoms with Crippen LogP contribution in [0.15, 0.2) is 29.1 Å². The number of nitrogens with zero attached hydrogens (tertiary/aromatic N) is 2. The van der Waals surface area contributed by atoms with Crippen LogP contribution >= 0.6 is 27.5 Å². The van der Waals surface area contributed by atoms with E-state index >= 15 is 0 Å². The first-order valence-corrected chi connectivity index (χ1v) is 8.17. The number of rotatable bonds is 7. The Bertz CT molecular complexity index is 601. The highest BCUT2D eigenvalue weighted by Crippen LogP contribution is 2.36. The van der Waals surface area contributed by atoms with Gasteiger partial charge in [0.05, 0.1) is 35.3 Å². The maximum absolute atomic E-state index is 6.12. The highest BCUT2D eigenvalue weighted by atomic mass is 79.9. The highest BCUT2D eigenvalue weighted by molar-refractivity contribution is 9.10. The van der Waals surface area contributed by atoms with Gasteiger partial charge in [0.2, 0.25) is 0 Å². The molecule has 0 spiro atoms. The molecule has 1 N–H and O–H groups in total. The summed E-state index contributed by atoms with van der Waals surface area (Å²) in [6.45, 7) is 6.35. The molecule has 0 amide bonds. The van der Waals surface area contributed by atoms with E-state index in [-0.39, 0.29) is 0 Å². The van der Waals surface area contributed by atoms with Crippen LogP contribution < -0.4 is 10.1 Å². The second kappa shape index (κ2) is 7.71. The molecule has 2 rings (SSSR count). The molecule has 4 nitrogen and oxygen atoms in total. The van der Waals surface area contributed by atoms with E-state index in [0.717, 1.165) is 34.6 Å². The van der Waals surface area contributed by atoms with Crippen LogP contribution in [0.4, 0.5) is 5.69 Å². The van der Waals surface area contributed by atoms with Crippen molar-refractivity contribution in [1.29, 1.82) is 0 Å². The zero-order valence-corrected chi connectivity index (χ0v) is 14.5. The van der Waals surface area contributed by atoms with E-state index < -0.39 is 0 Å². The predicted octanol–water partition coefficient (Wildman–Crippen LogP) is 4.72. The minimum absolute atomic E-state index is 0.600. The Balaban J connectivity index is 2.17. The molecular formula is C15H19BrClN3O. The lowest BCUT2D eigenvalue weighted by Gasteiger charge is -2.15. The van der Waals surface area contributed by atoms with E-state index in [1.165, 1.54) is 0 Å². The van der Waals surface area contributed by atoms with Crippen LogP contribution in [0.1, 0.15) is 26.0 Å². The molecule has 114 valence electrons. The van der Waals surface area contributed by atoms with Crippen molar-refractivity contribution in [2.24, 2.45) is 0 Å². The molecule has 0 aliphatic heterocycles. The van der Waals surface area contributed by atoms with Gasteiger partial charge in [0.25, 0.3) is 0 Å². The number of hydrogen-bond acceptors (Lipinski definition) is 3. The number of benzene rings is 1. The standard InChI is InChI=1S/C15H19BrClN3O/c1-3-5-20-10-18-8-12(20)9-19-14-7-11(17)6-13(16)15(14)21-4-2/h6-8,10,19H,3-5,9H2,1-2H3. The molecule has 0 fully saturated rings. The maximum Gasteiger partial charge on any atom is 0.156 e. The fraction of sp³-hybridized carbons (Fsp3) is 0.400. The molecule has 1 aromatic heterocycles. The van der Waals surface area contributed by atoms with Crippen molar-refractivity contribution in [3.05, 3.63) is 39.8 Å². The van der Waals surface area contributed by atoms with Crippen LogP contribution in [0.3, 0.4) is 0 Å². The van der Waals surface area contributed by atoms with Crippen LogP contribution in [0.2, 0.25) is 5.02 Å². The molecule has 0 saturated carbocycles. The van der Waals surface area contributed by atoms with Crippen molar-refractivity contribution < 1.29 is 4.74 Å². The van der Waals surface area contributed by atoms with Crippen molar-refractivity contribution in [2.75, 3.05) is 11.9 Å². The first-order valence-electron chi connectivity index (χ1n) is 7.00. The summed E-state index contributed by atoms with van der Waals surface area (Å²) in [4.78, 5) is 4.20. The highest BCUT2D eigenvalue weighted by Gasteiger charge is 2.11. The maximum atomic E-state index is 6.12. The molecule has 1 heterocycles. The van der Waals surface area contributed by atoms with Crippen molar-refractivity contribution in [3.8, 4) is 5.75 Å². The lowest BCUT2D eigenvalue weighted by Crippen LogP contribution is -2.08. The molecule has 0 atom stereocenters. The molecule has 21 heavy (non-hydrogen) atoms. The van der Waals surface area contributed by atoms with Gasteiger partial charge in [-0.3, -0.25) is 0 Å². The summed E-state index contributed by atoms with van der Waals surface area (Å²) in [6, 6.07) is 3.71. The van der Waals surface area contributed by atoms with Gasteiger partial charge in [0.1, 0.15) is 0 Å². The van der Waals surface area contributed by atoms with Gasteiger partial charge in [-0.2, -0.15) is 0 Å². The van der Waals surface area contributed by atoms with E-state index in [2.05, 4.69) is 37.7 Å². The van der Waals surface area contributed by atoms with Crippen molar-refractivity contribution in [2.45, 2.75) is 33.4 Å². The molecule has 0 radical (unpaired) electrons. The topological polar surface area (TPSA) is 39.1 Å². The number of nitrogens with one attached hydrogen (secondary N) is 1. The molecule has 0 saturated heterocycles. The number of hydrogen-bond donors (Lipinski definition) is 1. The minimum atomic E-state index is 0.600. The van der Waals surface area contributed by atoms with Crippen LogP contribution in [-0.2, 0) is 13.1 Å². The quantitative estimate of drug-likeness (QED) is 0.764. The van der Waals surface area contributed by atoms with Crippen molar-refractivity contribution >= 4 is 33.2 Å². The van der Waals surface area contributed by atoms with Crippen LogP contribution in [0.5, 0.6) is 5.75 Å². The Morgan fingerprint density at radius 1 is 1.38 bits per heavy atom. The summed E-state index contributed by atoms with van der Waals surface area (Å²) in [5.74, 6) is 0.781. The molecule has 0 aliphatic rings. The Morgan fingerprint density at radius 2 is 2.19 bits per heavy atom. The first-order chi connectivity index (χ1) is 10.2. The summed E-state index contributed by atoms with van der Waals surface area (Å²) >= 11 is 9.61. The number of aromatic nitrogens is 2. The van der Waals surface area contributed by atoms with E-state index in [1.807, 2.05) is 31.6 Å². The second-order valence-corrected chi connectivity index (χ2v) is 5.92. The number of halogens is 2. The SMILES string of the molecule is CCCn1cncc1CNc1cc(Cl)cc(Br)c1OCC. The monoisotopic (exact) mass is 371 g/mol. The zero-order valence-electron chi connectivity index (χ0n) is 12.2. The van der Waals surface area contributed by atoms with Crippen LogP contribution in [0.25, 0.3) is 0 Å². The lowest BCUT2D eigenvalue weighted by molar-refractivity contribution is 0.339. The largest absolute Gasteiger partial charge is 0.491 e. The molecule has 1 aromatic carbocycles. The van der Waals surface area contributed by atoms with Crippen LogP contribution in [0, 0.1) is 0 Å². The first kappa shape index (κ1) is 16.2. The second-order valence-electron chi connectivity index (χ2n) is 4.63. The van der Waals surface area contributed by atoms with Gasteiger partial charge in [-0.15, -0.1) is 0 Å². The van der Waals surface area contributed by atoms with E-state index in [0.29, 0.717) is 18.2 Å². The average Bonchev–Trinajstić information content (AvgIpc) is 2.88. The third-order valence-electron chi connectivity index (χ3n) is 3.02. The van der Waals surface area contributed by atoms with Gasteiger partial charge in [-0.05, 0) is 41.4 Å². The number of anilines is 1. The van der Waals surface area contributed by atoms with E-state index in [4.69, 9.17) is 16.3 Å². The Kier molecular flexibility index (Phi) is 5.94. The molecule has 0 aliphatic carbocycles. The van der Waals surface area contributed by atoms with Gasteiger partial charge in [-0.1, -0.05) is 18.5 Å². The third kappa shape index (κ3) is 4.14. The fourth-order valence-electron chi connectivity index (χ4n) is 2.11. The lowest BCUT2D eigenvalue weighted by atomic mass is 10.2. The molecular weight excluding hydrogens is 354 g/mol. The summed E-state index contributed by atoms with van der Waals surface area (Å²) in [5, 5.41) is 4.04. The molecule has 6 heteroatoms. The average molecular weight is 373 g/mol. The van der Waals surface area contributed by atoms with E-state index in [1.54, 1.807) is 0 Å². The van der Waals surface area contributed by atoms with Gasteiger partial charge >= 0.3 is 0 Å². The zero-order chi connectivity index (χ0) is 15.2. The van der Waals surface area contributed by atoms with Gasteiger partial charge in [0, 0.05) is 17.8 Å². The summed E-state index contributed by atoms with van der Waals surface area (Å²) in [6.07, 6.45) is 4.82. The Morgan fingerprint density at radius 3 is 2.90 bits per heavy atom. The molecule has 0 unspecified atom stereocenters. The molecule has 2 aromatic rings. The minimum Gasteiger partial charge on any atom is -0.491 e. The van der Waals surface area contributed by atoms with E-state index in [9.17, 15) is 0 Å². The Hall–Kier alpha value is -1.20.